The van der Waals surface area contributed by atoms with Crippen molar-refractivity contribution in [3.05, 3.63) is 28.5 Å². The van der Waals surface area contributed by atoms with Gasteiger partial charge in [0.2, 0.25) is 0 Å². The lowest BCUT2D eigenvalue weighted by Gasteiger charge is -2.23. The van der Waals surface area contributed by atoms with Crippen molar-refractivity contribution in [2.45, 2.75) is 44.9 Å². The van der Waals surface area contributed by atoms with Gasteiger partial charge in [0.05, 0.1) is 27.5 Å². The van der Waals surface area contributed by atoms with E-state index in [4.69, 9.17) is 0 Å². The summed E-state index contributed by atoms with van der Waals surface area (Å²) in [6, 6.07) is 3.87. The van der Waals surface area contributed by atoms with Crippen LogP contribution in [-0.4, -0.2) is 13.9 Å². The molecular formula is C12H19BrN2OS. The van der Waals surface area contributed by atoms with Crippen LogP contribution in [0.25, 0.3) is 0 Å². The quantitative estimate of drug-likeness (QED) is 0.925. The highest BCUT2D eigenvalue weighted by Gasteiger charge is 2.23. The predicted octanol–water partition coefficient (Wildman–Crippen LogP) is 3.35. The Morgan fingerprint density at radius 3 is 2.65 bits per heavy atom. The first kappa shape index (κ1) is 14.8. The second kappa shape index (κ2) is 6.07. The molecule has 17 heavy (non-hydrogen) atoms. The third-order valence-corrected chi connectivity index (χ3v) is 4.42. The normalized spacial score (nSPS) is 15.6. The second-order valence-corrected chi connectivity index (χ2v) is 7.77. The Morgan fingerprint density at radius 1 is 1.53 bits per heavy atom. The maximum absolute atomic E-state index is 12.1. The minimum absolute atomic E-state index is 0.0209. The van der Waals surface area contributed by atoms with Crippen molar-refractivity contribution in [3.63, 3.8) is 0 Å². The molecule has 3 nitrogen and oxygen atoms in total. The molecule has 96 valence electrons. The van der Waals surface area contributed by atoms with E-state index in [2.05, 4.69) is 32.6 Å². The highest BCUT2D eigenvalue weighted by atomic mass is 79.9. The number of nitrogens with zero attached hydrogens (tertiary/aromatic N) is 1. The summed E-state index contributed by atoms with van der Waals surface area (Å²) in [6.45, 7) is 7.92. The zero-order valence-corrected chi connectivity index (χ0v) is 13.1. The van der Waals surface area contributed by atoms with Crippen molar-refractivity contribution in [2.24, 2.45) is 0 Å². The van der Waals surface area contributed by atoms with Crippen molar-refractivity contribution in [1.82, 2.24) is 9.71 Å². The minimum Gasteiger partial charge on any atom is -0.260 e. The Morgan fingerprint density at radius 2 is 2.18 bits per heavy atom. The van der Waals surface area contributed by atoms with Crippen LogP contribution < -0.4 is 4.72 Å². The highest BCUT2D eigenvalue weighted by Crippen LogP contribution is 2.20. The molecule has 1 rings (SSSR count). The van der Waals surface area contributed by atoms with E-state index in [1.54, 1.807) is 6.20 Å². The monoisotopic (exact) mass is 318 g/mol. The number of hydrogen-bond acceptors (Lipinski definition) is 2. The van der Waals surface area contributed by atoms with Crippen LogP contribution in [0.1, 0.15) is 45.9 Å². The Balaban J connectivity index is 2.83. The molecule has 5 heteroatoms. The van der Waals surface area contributed by atoms with Crippen LogP contribution >= 0.6 is 15.9 Å². The Bertz CT molecular complexity index is 404. The molecule has 0 unspecified atom stereocenters. The van der Waals surface area contributed by atoms with E-state index in [0.29, 0.717) is 0 Å². The summed E-state index contributed by atoms with van der Waals surface area (Å²) in [4.78, 5) is 4.32. The van der Waals surface area contributed by atoms with Crippen molar-refractivity contribution in [1.29, 1.82) is 0 Å². The molecule has 1 heterocycles. The topological polar surface area (TPSA) is 42.0 Å². The molecule has 0 aromatic carbocycles. The molecule has 0 radical (unpaired) electrons. The average Bonchev–Trinajstić information content (AvgIpc) is 2.24. The largest absolute Gasteiger partial charge is 0.260 e. The minimum atomic E-state index is -1.08. The van der Waals surface area contributed by atoms with Gasteiger partial charge in [-0.15, -0.1) is 0 Å². The van der Waals surface area contributed by atoms with Gasteiger partial charge < -0.3 is 0 Å². The van der Waals surface area contributed by atoms with E-state index in [9.17, 15) is 4.21 Å². The van der Waals surface area contributed by atoms with Crippen LogP contribution in [-0.2, 0) is 11.0 Å². The van der Waals surface area contributed by atoms with Crippen LogP contribution in [0.5, 0.6) is 0 Å². The molecule has 2 atom stereocenters. The summed E-state index contributed by atoms with van der Waals surface area (Å²) in [5.41, 5.74) is 0.916. The first-order chi connectivity index (χ1) is 7.84. The predicted molar refractivity (Wildman–Crippen MR) is 76.0 cm³/mol. The van der Waals surface area contributed by atoms with Crippen molar-refractivity contribution >= 4 is 26.9 Å². The summed E-state index contributed by atoms with van der Waals surface area (Å²) in [5.74, 6) is 0. The molecule has 0 saturated heterocycles. The Hall–Kier alpha value is -0.260. The van der Waals surface area contributed by atoms with Gasteiger partial charge in [0, 0.05) is 10.7 Å². The smallest absolute Gasteiger partial charge is 0.0976 e. The number of pyridine rings is 1. The van der Waals surface area contributed by atoms with Crippen molar-refractivity contribution < 1.29 is 4.21 Å². The van der Waals surface area contributed by atoms with Crippen LogP contribution in [0.15, 0.2) is 22.8 Å². The van der Waals surface area contributed by atoms with Crippen LogP contribution in [0.2, 0.25) is 0 Å². The molecule has 1 aromatic rings. The van der Waals surface area contributed by atoms with E-state index >= 15 is 0 Å². The van der Waals surface area contributed by atoms with Crippen molar-refractivity contribution in [3.8, 4) is 0 Å². The molecule has 0 saturated carbocycles. The molecule has 0 aliphatic heterocycles. The van der Waals surface area contributed by atoms with Crippen molar-refractivity contribution in [2.75, 3.05) is 0 Å². The van der Waals surface area contributed by atoms with Gasteiger partial charge in [0.15, 0.2) is 0 Å². The van der Waals surface area contributed by atoms with Gasteiger partial charge in [0.25, 0.3) is 0 Å². The Kier molecular flexibility index (Phi) is 5.28. The maximum Gasteiger partial charge on any atom is 0.0976 e. The van der Waals surface area contributed by atoms with Gasteiger partial charge in [-0.3, -0.25) is 4.98 Å². The maximum atomic E-state index is 12.1. The number of nitrogens with one attached hydrogen (secondary N) is 1. The number of aromatic nitrogens is 1. The van der Waals surface area contributed by atoms with Gasteiger partial charge in [0.1, 0.15) is 0 Å². The zero-order valence-electron chi connectivity index (χ0n) is 10.7. The van der Waals surface area contributed by atoms with E-state index in [1.807, 2.05) is 32.9 Å². The lowest BCUT2D eigenvalue weighted by Crippen LogP contribution is -2.35. The fraction of sp³-hybridized carbons (Fsp3) is 0.583. The summed E-state index contributed by atoms with van der Waals surface area (Å²) < 4.78 is 15.9. The molecule has 0 spiro atoms. The Labute approximate surface area is 114 Å². The highest BCUT2D eigenvalue weighted by molar-refractivity contribution is 9.10. The fourth-order valence-electron chi connectivity index (χ4n) is 1.27. The SMILES string of the molecule is CC[C@H](N[S@@](=O)C(C)(C)C)c1cc(Br)ccn1. The van der Waals surface area contributed by atoms with Crippen LogP contribution in [0.4, 0.5) is 0 Å². The zero-order chi connectivity index (χ0) is 13.1. The van der Waals surface area contributed by atoms with Gasteiger partial charge >= 0.3 is 0 Å². The van der Waals surface area contributed by atoms with E-state index in [-0.39, 0.29) is 10.8 Å². The molecule has 0 amide bonds. The van der Waals surface area contributed by atoms with E-state index < -0.39 is 11.0 Å². The van der Waals surface area contributed by atoms with Gasteiger partial charge in [-0.05, 0) is 39.3 Å². The van der Waals surface area contributed by atoms with Gasteiger partial charge in [-0.1, -0.05) is 22.9 Å². The van der Waals surface area contributed by atoms with E-state index in [1.165, 1.54) is 0 Å². The molecule has 0 aliphatic rings. The summed E-state index contributed by atoms with van der Waals surface area (Å²) in [7, 11) is -1.08. The third-order valence-electron chi connectivity index (χ3n) is 2.31. The summed E-state index contributed by atoms with van der Waals surface area (Å²) >= 11 is 3.42. The average molecular weight is 319 g/mol. The molecule has 0 aliphatic carbocycles. The number of hydrogen-bond donors (Lipinski definition) is 1. The lowest BCUT2D eigenvalue weighted by molar-refractivity contribution is 0.579. The molecule has 1 aromatic heterocycles. The van der Waals surface area contributed by atoms with Gasteiger partial charge in [-0.25, -0.2) is 8.93 Å². The number of rotatable bonds is 4. The van der Waals surface area contributed by atoms with Crippen LogP contribution in [0.3, 0.4) is 0 Å². The summed E-state index contributed by atoms with van der Waals surface area (Å²) in [5, 5.41) is 0. The first-order valence-electron chi connectivity index (χ1n) is 5.64. The third kappa shape index (κ3) is 4.48. The molecule has 0 fully saturated rings. The lowest BCUT2D eigenvalue weighted by atomic mass is 10.1. The molecule has 0 bridgehead atoms. The molecular weight excluding hydrogens is 300 g/mol. The fourth-order valence-corrected chi connectivity index (χ4v) is 2.52. The standard InChI is InChI=1S/C12H19BrN2OS/c1-5-10(15-17(16)12(2,3)4)11-8-9(13)6-7-14-11/h6-8,10,15H,5H2,1-4H3/t10-,17-/m0/s1. The molecule has 1 N–H and O–H groups in total. The number of halogens is 1. The van der Waals surface area contributed by atoms with Crippen LogP contribution in [0, 0.1) is 0 Å². The second-order valence-electron chi connectivity index (χ2n) is 4.86. The first-order valence-corrected chi connectivity index (χ1v) is 7.58. The summed E-state index contributed by atoms with van der Waals surface area (Å²) in [6.07, 6.45) is 2.61. The van der Waals surface area contributed by atoms with Gasteiger partial charge in [-0.2, -0.15) is 0 Å². The van der Waals surface area contributed by atoms with E-state index in [0.717, 1.165) is 16.6 Å².